The van der Waals surface area contributed by atoms with Crippen LogP contribution < -0.4 is 4.72 Å². The summed E-state index contributed by atoms with van der Waals surface area (Å²) < 4.78 is 29.0. The summed E-state index contributed by atoms with van der Waals surface area (Å²) in [5.41, 5.74) is 0. The second kappa shape index (κ2) is 7.20. The second-order valence-corrected chi connectivity index (χ2v) is 8.18. The Morgan fingerprint density at radius 3 is 2.65 bits per heavy atom. The normalized spacial score (nSPS) is 33.2. The lowest BCUT2D eigenvalue weighted by Crippen LogP contribution is -2.48. The van der Waals surface area contributed by atoms with Crippen molar-refractivity contribution in [1.82, 2.24) is 9.03 Å². The first-order valence-electron chi connectivity index (χ1n) is 7.88. The van der Waals surface area contributed by atoms with Crippen LogP contribution in [0.4, 0.5) is 0 Å². The molecule has 1 saturated heterocycles. The summed E-state index contributed by atoms with van der Waals surface area (Å²) in [7, 11) is -3.38. The number of piperidine rings is 1. The predicted molar refractivity (Wildman–Crippen MR) is 79.4 cm³/mol. The average Bonchev–Trinajstić information content (AvgIpc) is 2.46. The molecule has 0 bridgehead atoms. The molecule has 0 aromatic rings. The van der Waals surface area contributed by atoms with Gasteiger partial charge in [-0.1, -0.05) is 26.2 Å². The van der Waals surface area contributed by atoms with Crippen molar-refractivity contribution < 1.29 is 13.5 Å². The fraction of sp³-hybridized carbons (Fsp3) is 1.00. The number of nitrogens with one attached hydrogen (secondary N) is 1. The molecule has 1 aliphatic carbocycles. The van der Waals surface area contributed by atoms with Crippen LogP contribution in [0.1, 0.15) is 45.4 Å². The highest BCUT2D eigenvalue weighted by Crippen LogP contribution is 2.29. The van der Waals surface area contributed by atoms with Gasteiger partial charge in [0.1, 0.15) is 0 Å². The molecule has 2 N–H and O–H groups in total. The number of hydrogen-bond donors (Lipinski definition) is 2. The van der Waals surface area contributed by atoms with Gasteiger partial charge in [-0.2, -0.15) is 12.7 Å². The van der Waals surface area contributed by atoms with Gasteiger partial charge in [0, 0.05) is 26.2 Å². The molecule has 3 atom stereocenters. The highest BCUT2D eigenvalue weighted by Gasteiger charge is 2.30. The lowest BCUT2D eigenvalue weighted by Gasteiger charge is -2.33. The maximum atomic E-state index is 12.3. The Morgan fingerprint density at radius 1 is 1.20 bits per heavy atom. The molecular weight excluding hydrogens is 276 g/mol. The Morgan fingerprint density at radius 2 is 1.95 bits per heavy atom. The van der Waals surface area contributed by atoms with Crippen molar-refractivity contribution in [2.24, 2.45) is 17.8 Å². The minimum Gasteiger partial charge on any atom is -0.396 e. The zero-order valence-corrected chi connectivity index (χ0v) is 13.2. The fourth-order valence-electron chi connectivity index (χ4n) is 3.39. The summed E-state index contributed by atoms with van der Waals surface area (Å²) in [4.78, 5) is 0. The molecule has 3 unspecified atom stereocenters. The summed E-state index contributed by atoms with van der Waals surface area (Å²) >= 11 is 0. The first-order valence-corrected chi connectivity index (χ1v) is 9.32. The Labute approximate surface area is 122 Å². The van der Waals surface area contributed by atoms with Crippen LogP contribution in [0.25, 0.3) is 0 Å². The summed E-state index contributed by atoms with van der Waals surface area (Å²) in [5, 5.41) is 9.20. The quantitative estimate of drug-likeness (QED) is 0.805. The van der Waals surface area contributed by atoms with Crippen LogP contribution >= 0.6 is 0 Å². The van der Waals surface area contributed by atoms with E-state index in [9.17, 15) is 13.5 Å². The molecular formula is C14H28N2O3S. The van der Waals surface area contributed by atoms with Crippen LogP contribution in [0.5, 0.6) is 0 Å². The molecule has 2 aliphatic rings. The number of hydrogen-bond acceptors (Lipinski definition) is 3. The van der Waals surface area contributed by atoms with Crippen molar-refractivity contribution in [3.05, 3.63) is 0 Å². The van der Waals surface area contributed by atoms with Crippen molar-refractivity contribution in [1.29, 1.82) is 0 Å². The summed E-state index contributed by atoms with van der Waals surface area (Å²) in [6.07, 6.45) is 6.58. The van der Waals surface area contributed by atoms with E-state index in [0.717, 1.165) is 19.3 Å². The Hall–Kier alpha value is -0.170. The van der Waals surface area contributed by atoms with Crippen molar-refractivity contribution in [2.45, 2.75) is 45.4 Å². The molecule has 0 amide bonds. The highest BCUT2D eigenvalue weighted by molar-refractivity contribution is 7.87. The van der Waals surface area contributed by atoms with Crippen molar-refractivity contribution in [3.8, 4) is 0 Å². The molecule has 118 valence electrons. The molecule has 1 heterocycles. The summed E-state index contributed by atoms with van der Waals surface area (Å²) in [6.45, 7) is 3.88. The van der Waals surface area contributed by atoms with Gasteiger partial charge in [-0.15, -0.1) is 0 Å². The number of aliphatic hydroxyl groups is 1. The zero-order chi connectivity index (χ0) is 14.6. The van der Waals surface area contributed by atoms with Crippen LogP contribution in [-0.2, 0) is 10.2 Å². The first kappa shape index (κ1) is 16.2. The van der Waals surface area contributed by atoms with E-state index in [1.807, 2.05) is 0 Å². The molecule has 0 spiro atoms. The van der Waals surface area contributed by atoms with Gasteiger partial charge in [0.25, 0.3) is 10.2 Å². The molecule has 0 aromatic carbocycles. The average molecular weight is 304 g/mol. The van der Waals surface area contributed by atoms with Gasteiger partial charge in [-0.3, -0.25) is 0 Å². The largest absolute Gasteiger partial charge is 0.396 e. The lowest BCUT2D eigenvalue weighted by atomic mass is 9.81. The molecule has 1 saturated carbocycles. The van der Waals surface area contributed by atoms with E-state index in [2.05, 4.69) is 11.6 Å². The number of nitrogens with zero attached hydrogens (tertiary/aromatic N) is 1. The highest BCUT2D eigenvalue weighted by atomic mass is 32.2. The van der Waals surface area contributed by atoms with Crippen molar-refractivity contribution >= 4 is 10.2 Å². The lowest BCUT2D eigenvalue weighted by molar-refractivity contribution is 0.164. The number of aliphatic hydroxyl groups excluding tert-OH is 1. The van der Waals surface area contributed by atoms with Gasteiger partial charge in [-0.25, -0.2) is 4.72 Å². The zero-order valence-electron chi connectivity index (χ0n) is 12.4. The van der Waals surface area contributed by atoms with Crippen LogP contribution in [0.2, 0.25) is 0 Å². The maximum absolute atomic E-state index is 12.3. The van der Waals surface area contributed by atoms with Gasteiger partial charge in [0.15, 0.2) is 0 Å². The minimum atomic E-state index is -3.38. The van der Waals surface area contributed by atoms with Crippen molar-refractivity contribution in [2.75, 3.05) is 26.2 Å². The van der Waals surface area contributed by atoms with Gasteiger partial charge < -0.3 is 5.11 Å². The Kier molecular flexibility index (Phi) is 5.84. The van der Waals surface area contributed by atoms with E-state index in [1.54, 1.807) is 0 Å². The minimum absolute atomic E-state index is 0.0751. The van der Waals surface area contributed by atoms with E-state index < -0.39 is 10.2 Å². The van der Waals surface area contributed by atoms with Crippen LogP contribution in [-0.4, -0.2) is 44.1 Å². The molecule has 0 radical (unpaired) electrons. The fourth-order valence-corrected chi connectivity index (χ4v) is 4.78. The standard InChI is InChI=1S/C14H28N2O3S/c1-12-5-2-3-7-14(12)9-15-20(18,19)16-8-4-6-13(10-16)11-17/h12-15,17H,2-11H2,1H3. The van der Waals surface area contributed by atoms with Gasteiger partial charge in [0.05, 0.1) is 0 Å². The molecule has 2 fully saturated rings. The monoisotopic (exact) mass is 304 g/mol. The van der Waals surface area contributed by atoms with E-state index in [1.165, 1.54) is 23.6 Å². The van der Waals surface area contributed by atoms with Gasteiger partial charge in [0.2, 0.25) is 0 Å². The van der Waals surface area contributed by atoms with E-state index in [-0.39, 0.29) is 12.5 Å². The predicted octanol–water partition coefficient (Wildman–Crippen LogP) is 1.35. The molecule has 1 aliphatic heterocycles. The van der Waals surface area contributed by atoms with Crippen molar-refractivity contribution in [3.63, 3.8) is 0 Å². The topological polar surface area (TPSA) is 69.6 Å². The first-order chi connectivity index (χ1) is 9.53. The third-order valence-corrected chi connectivity index (χ3v) is 6.44. The van der Waals surface area contributed by atoms with Gasteiger partial charge >= 0.3 is 0 Å². The van der Waals surface area contributed by atoms with Crippen LogP contribution in [0.15, 0.2) is 0 Å². The molecule has 20 heavy (non-hydrogen) atoms. The second-order valence-electron chi connectivity index (χ2n) is 6.42. The molecule has 2 rings (SSSR count). The maximum Gasteiger partial charge on any atom is 0.279 e. The smallest absolute Gasteiger partial charge is 0.279 e. The third-order valence-electron chi connectivity index (χ3n) is 4.90. The van der Waals surface area contributed by atoms with E-state index >= 15 is 0 Å². The van der Waals surface area contributed by atoms with Gasteiger partial charge in [-0.05, 0) is 37.0 Å². The summed E-state index contributed by atoms with van der Waals surface area (Å²) in [5.74, 6) is 1.17. The SMILES string of the molecule is CC1CCCCC1CNS(=O)(=O)N1CCCC(CO)C1. The third kappa shape index (κ3) is 4.16. The van der Waals surface area contributed by atoms with E-state index in [4.69, 9.17) is 0 Å². The Balaban J connectivity index is 1.86. The molecule has 5 nitrogen and oxygen atoms in total. The Bertz CT molecular complexity index is 399. The number of rotatable bonds is 5. The molecule has 6 heteroatoms. The van der Waals surface area contributed by atoms with Crippen LogP contribution in [0.3, 0.4) is 0 Å². The van der Waals surface area contributed by atoms with Crippen LogP contribution in [0, 0.1) is 17.8 Å². The summed E-state index contributed by atoms with van der Waals surface area (Å²) in [6, 6.07) is 0. The van der Waals surface area contributed by atoms with E-state index in [0.29, 0.717) is 31.5 Å². The molecule has 0 aromatic heterocycles.